The summed E-state index contributed by atoms with van der Waals surface area (Å²) in [7, 11) is 3.05. The highest BCUT2D eigenvalue weighted by Crippen LogP contribution is 2.26. The van der Waals surface area contributed by atoms with Gasteiger partial charge in [-0.3, -0.25) is 14.4 Å². The maximum absolute atomic E-state index is 11.5. The van der Waals surface area contributed by atoms with Crippen LogP contribution in [0.25, 0.3) is 0 Å². The number of hydrogen-bond donors (Lipinski definition) is 5. The molecular formula is C31H52N6O13. The Hall–Kier alpha value is -4.55. The first-order valence-corrected chi connectivity index (χ1v) is 16.4. The van der Waals surface area contributed by atoms with E-state index in [2.05, 4.69) is 26.1 Å². The highest BCUT2D eigenvalue weighted by Gasteiger charge is 2.38. The van der Waals surface area contributed by atoms with Gasteiger partial charge in [0.25, 0.3) is 11.8 Å². The molecule has 6 amide bonds. The fraction of sp³-hybridized carbons (Fsp3) is 0.774. The fourth-order valence-corrected chi connectivity index (χ4v) is 4.52. The number of alkyl carbamates (subject to hydrolysis) is 4. The Morgan fingerprint density at radius 1 is 0.620 bits per heavy atom. The predicted molar refractivity (Wildman–Crippen MR) is 173 cm³/mol. The summed E-state index contributed by atoms with van der Waals surface area (Å²) in [6.07, 6.45) is 0.372. The van der Waals surface area contributed by atoms with E-state index in [9.17, 15) is 33.6 Å². The smallest absolute Gasteiger partial charge is 0.446 e. The van der Waals surface area contributed by atoms with E-state index in [1.807, 2.05) is 20.8 Å². The lowest BCUT2D eigenvalue weighted by Crippen LogP contribution is -2.50. The summed E-state index contributed by atoms with van der Waals surface area (Å²) in [5, 5.41) is 10.6. The number of imide groups is 1. The second kappa shape index (κ2) is 18.4. The van der Waals surface area contributed by atoms with E-state index in [4.69, 9.17) is 29.4 Å². The highest BCUT2D eigenvalue weighted by molar-refractivity contribution is 6.01. The van der Waals surface area contributed by atoms with Crippen LogP contribution in [0.15, 0.2) is 0 Å². The van der Waals surface area contributed by atoms with Crippen LogP contribution < -0.4 is 27.0 Å². The molecule has 0 bridgehead atoms. The molecule has 0 atom stereocenters. The van der Waals surface area contributed by atoms with Crippen LogP contribution in [-0.2, 0) is 38.1 Å². The maximum atomic E-state index is 11.5. The van der Waals surface area contributed by atoms with Gasteiger partial charge in [-0.15, -0.1) is 0 Å². The van der Waals surface area contributed by atoms with Crippen molar-refractivity contribution in [3.63, 3.8) is 0 Å². The molecule has 284 valence electrons. The standard InChI is InChI=1S/C14H20N2O7.C11H20N2O4.C6H12N2O2/c1-14(2,3)22-12(19)15-8-6-9(7-8)21-13(20)23-16-10(17)4-5-11(16)18;1-11(2,3)17-10(15)13-7-5-8(6-7)16-9(14)12-4;1-8-6(9)10-5-2-4(7)3-5/h8-9H,4-7H2,1-3H3,(H,15,19);7-8H,5-6H2,1-4H3,(H,12,14)(H,13,15);4-5H,2-3,7H2,1H3,(H,8,9). The molecule has 1 saturated heterocycles. The minimum absolute atomic E-state index is 0.0252. The van der Waals surface area contributed by atoms with Crippen molar-refractivity contribution in [1.82, 2.24) is 26.3 Å². The summed E-state index contributed by atoms with van der Waals surface area (Å²) in [6.45, 7) is 10.7. The zero-order chi connectivity index (χ0) is 37.8. The molecular weight excluding hydrogens is 664 g/mol. The number of hydrogen-bond acceptors (Lipinski definition) is 14. The van der Waals surface area contributed by atoms with Gasteiger partial charge in [0.2, 0.25) is 0 Å². The van der Waals surface area contributed by atoms with Crippen molar-refractivity contribution >= 4 is 42.3 Å². The molecule has 0 spiro atoms. The minimum atomic E-state index is -1.10. The number of ether oxygens (including phenoxy) is 5. The number of carbonyl (C=O) groups excluding carboxylic acids is 7. The van der Waals surface area contributed by atoms with Gasteiger partial charge in [-0.05, 0) is 54.4 Å². The molecule has 0 aromatic rings. The zero-order valence-electron chi connectivity index (χ0n) is 30.0. The first-order valence-electron chi connectivity index (χ1n) is 16.4. The van der Waals surface area contributed by atoms with Crippen LogP contribution in [0.3, 0.4) is 0 Å². The Balaban J connectivity index is 0.000000281. The van der Waals surface area contributed by atoms with Gasteiger partial charge in [0.1, 0.15) is 29.5 Å². The molecule has 6 N–H and O–H groups in total. The van der Waals surface area contributed by atoms with Crippen molar-refractivity contribution in [2.45, 2.75) is 141 Å². The molecule has 4 aliphatic rings. The average Bonchev–Trinajstić information content (AvgIpc) is 3.24. The van der Waals surface area contributed by atoms with Crippen LogP contribution in [0.5, 0.6) is 0 Å². The third-order valence-corrected chi connectivity index (χ3v) is 7.15. The van der Waals surface area contributed by atoms with Crippen LogP contribution in [0, 0.1) is 0 Å². The second-order valence-corrected chi connectivity index (χ2v) is 14.1. The fourth-order valence-electron chi connectivity index (χ4n) is 4.52. The number of nitrogens with two attached hydrogens (primary N) is 1. The van der Waals surface area contributed by atoms with Gasteiger partial charge in [0, 0.05) is 70.7 Å². The molecule has 1 aliphatic heterocycles. The van der Waals surface area contributed by atoms with E-state index in [1.54, 1.807) is 27.8 Å². The summed E-state index contributed by atoms with van der Waals surface area (Å²) in [5.41, 5.74) is 4.40. The highest BCUT2D eigenvalue weighted by atomic mass is 16.8. The zero-order valence-corrected chi connectivity index (χ0v) is 30.0. The van der Waals surface area contributed by atoms with Crippen LogP contribution in [-0.4, -0.2) is 109 Å². The molecule has 1 heterocycles. The monoisotopic (exact) mass is 716 g/mol. The Kier molecular flexibility index (Phi) is 15.4. The molecule has 19 heteroatoms. The topological polar surface area (TPSA) is 252 Å². The lowest BCUT2D eigenvalue weighted by Gasteiger charge is -2.35. The number of rotatable bonds is 6. The molecule has 19 nitrogen and oxygen atoms in total. The summed E-state index contributed by atoms with van der Waals surface area (Å²) in [6, 6.07) is 0.104. The van der Waals surface area contributed by atoms with E-state index < -0.39 is 53.6 Å². The lowest BCUT2D eigenvalue weighted by molar-refractivity contribution is -0.180. The molecule has 0 aromatic carbocycles. The Labute approximate surface area is 291 Å². The van der Waals surface area contributed by atoms with Crippen molar-refractivity contribution in [2.75, 3.05) is 14.1 Å². The third kappa shape index (κ3) is 15.8. The van der Waals surface area contributed by atoms with Gasteiger partial charge in [0.15, 0.2) is 0 Å². The van der Waals surface area contributed by atoms with Gasteiger partial charge in [-0.1, -0.05) is 5.06 Å². The van der Waals surface area contributed by atoms with Crippen molar-refractivity contribution in [2.24, 2.45) is 5.73 Å². The van der Waals surface area contributed by atoms with Crippen LogP contribution in [0.1, 0.15) is 92.9 Å². The molecule has 0 aromatic heterocycles. The maximum Gasteiger partial charge on any atom is 0.534 e. The van der Waals surface area contributed by atoms with Crippen molar-refractivity contribution in [3.8, 4) is 0 Å². The molecule has 4 fully saturated rings. The summed E-state index contributed by atoms with van der Waals surface area (Å²) >= 11 is 0. The molecule has 0 unspecified atom stereocenters. The van der Waals surface area contributed by atoms with E-state index >= 15 is 0 Å². The average molecular weight is 717 g/mol. The molecule has 0 radical (unpaired) electrons. The molecule has 50 heavy (non-hydrogen) atoms. The number of hydroxylamine groups is 2. The first-order chi connectivity index (χ1) is 23.2. The van der Waals surface area contributed by atoms with E-state index in [0.717, 1.165) is 12.8 Å². The summed E-state index contributed by atoms with van der Waals surface area (Å²) < 4.78 is 25.1. The summed E-state index contributed by atoms with van der Waals surface area (Å²) in [5.74, 6) is -1.13. The Bertz CT molecular complexity index is 1200. The Morgan fingerprint density at radius 2 is 0.980 bits per heavy atom. The van der Waals surface area contributed by atoms with Gasteiger partial charge in [-0.2, -0.15) is 0 Å². The van der Waals surface area contributed by atoms with E-state index in [1.165, 1.54) is 7.05 Å². The quantitative estimate of drug-likeness (QED) is 0.150. The van der Waals surface area contributed by atoms with Gasteiger partial charge in [0.05, 0.1) is 0 Å². The second-order valence-electron chi connectivity index (χ2n) is 14.1. The van der Waals surface area contributed by atoms with Crippen molar-refractivity contribution < 1.29 is 62.1 Å². The molecule has 3 aliphatic carbocycles. The predicted octanol–water partition coefficient (Wildman–Crippen LogP) is 2.49. The van der Waals surface area contributed by atoms with Gasteiger partial charge in [-0.25, -0.2) is 24.0 Å². The summed E-state index contributed by atoms with van der Waals surface area (Å²) in [4.78, 5) is 83.0. The van der Waals surface area contributed by atoms with E-state index in [-0.39, 0.29) is 49.3 Å². The van der Waals surface area contributed by atoms with E-state index in [0.29, 0.717) is 30.7 Å². The SMILES string of the molecule is CC(C)(C)OC(=O)NC1CC(OC(=O)ON2C(=O)CCC2=O)C1.CNC(=O)OC1CC(N)C1.CNC(=O)OC1CC(NC(=O)OC(C)(C)C)C1. The van der Waals surface area contributed by atoms with Crippen molar-refractivity contribution in [1.29, 1.82) is 0 Å². The van der Waals surface area contributed by atoms with Crippen molar-refractivity contribution in [3.05, 3.63) is 0 Å². The number of carbonyl (C=O) groups is 7. The van der Waals surface area contributed by atoms with Crippen LogP contribution >= 0.6 is 0 Å². The number of nitrogens with zero attached hydrogens (tertiary/aromatic N) is 1. The van der Waals surface area contributed by atoms with Crippen LogP contribution in [0.2, 0.25) is 0 Å². The Morgan fingerprint density at radius 3 is 1.32 bits per heavy atom. The third-order valence-electron chi connectivity index (χ3n) is 7.15. The van der Waals surface area contributed by atoms with Gasteiger partial charge >= 0.3 is 30.5 Å². The number of nitrogens with one attached hydrogen (secondary N) is 4. The lowest BCUT2D eigenvalue weighted by atomic mass is 9.89. The van der Waals surface area contributed by atoms with Crippen LogP contribution in [0.4, 0.5) is 24.0 Å². The number of amides is 6. The first kappa shape index (κ1) is 41.6. The minimum Gasteiger partial charge on any atom is -0.446 e. The molecule has 3 saturated carbocycles. The van der Waals surface area contributed by atoms with Gasteiger partial charge < -0.3 is 50.7 Å². The largest absolute Gasteiger partial charge is 0.534 e. The normalized spacial score (nSPS) is 25.1. The molecule has 4 rings (SSSR count).